The van der Waals surface area contributed by atoms with Crippen molar-refractivity contribution < 1.29 is 9.32 Å². The molecule has 9 heteroatoms. The van der Waals surface area contributed by atoms with Gasteiger partial charge in [-0.15, -0.1) is 0 Å². The number of aromatic nitrogens is 5. The monoisotopic (exact) mass is 498 g/mol. The minimum atomic E-state index is -0.129. The molecule has 0 radical (unpaired) electrons. The Kier molecular flexibility index (Phi) is 6.69. The van der Waals surface area contributed by atoms with Crippen LogP contribution < -0.4 is 5.32 Å². The van der Waals surface area contributed by atoms with Gasteiger partial charge in [0.2, 0.25) is 0 Å². The van der Waals surface area contributed by atoms with Gasteiger partial charge in [-0.2, -0.15) is 0 Å². The van der Waals surface area contributed by atoms with Gasteiger partial charge in [0.05, 0.1) is 16.2 Å². The second-order valence-corrected chi connectivity index (χ2v) is 8.91. The van der Waals surface area contributed by atoms with Crippen LogP contribution in [0.5, 0.6) is 0 Å². The van der Waals surface area contributed by atoms with E-state index in [4.69, 9.17) is 16.1 Å². The lowest BCUT2D eigenvalue weighted by molar-refractivity contribution is 0.0973. The zero-order valence-corrected chi connectivity index (χ0v) is 20.6. The average molecular weight is 499 g/mol. The summed E-state index contributed by atoms with van der Waals surface area (Å²) in [6.07, 6.45) is 7.64. The molecule has 0 bridgehead atoms. The molecule has 0 saturated heterocycles. The van der Waals surface area contributed by atoms with Gasteiger partial charge < -0.3 is 9.84 Å². The second kappa shape index (κ2) is 10.2. The number of pyridine rings is 2. The molecule has 180 valence electrons. The number of nitrogens with one attached hydrogen (secondary N) is 1. The van der Waals surface area contributed by atoms with Crippen LogP contribution >= 0.6 is 11.6 Å². The van der Waals surface area contributed by atoms with Gasteiger partial charge >= 0.3 is 0 Å². The molecule has 0 atom stereocenters. The van der Waals surface area contributed by atoms with Crippen LogP contribution in [0.4, 0.5) is 5.82 Å². The molecule has 0 aliphatic rings. The molecule has 0 saturated carbocycles. The molecule has 5 rings (SSSR count). The van der Waals surface area contributed by atoms with Gasteiger partial charge in [-0.3, -0.25) is 14.8 Å². The number of Topliss-reactive ketones (excluding diaryl/α,β-unsaturated/α-hetero) is 1. The number of fused-ring (bicyclic) bond motifs is 1. The van der Waals surface area contributed by atoms with E-state index in [0.717, 1.165) is 39.1 Å². The first-order valence-electron chi connectivity index (χ1n) is 11.5. The van der Waals surface area contributed by atoms with Crippen molar-refractivity contribution in [1.29, 1.82) is 0 Å². The molecule has 36 heavy (non-hydrogen) atoms. The lowest BCUT2D eigenvalue weighted by Gasteiger charge is -2.12. The number of anilines is 1. The quantitative estimate of drug-likeness (QED) is 0.268. The Morgan fingerprint density at radius 1 is 1.00 bits per heavy atom. The number of aryl methyl sites for hydroxylation is 3. The summed E-state index contributed by atoms with van der Waals surface area (Å²) in [6.45, 7) is 4.22. The SMILES string of the molecule is Cc1noc(C)c1-c1ccc2nc(C(=O)CCc3ccncc3)nc(NCc3cncc(Cl)c3)c2c1. The van der Waals surface area contributed by atoms with Crippen molar-refractivity contribution in [3.05, 3.63) is 94.6 Å². The highest BCUT2D eigenvalue weighted by atomic mass is 35.5. The number of carbonyl (C=O) groups is 1. The maximum absolute atomic E-state index is 13.1. The van der Waals surface area contributed by atoms with Crippen LogP contribution in [-0.2, 0) is 13.0 Å². The smallest absolute Gasteiger partial charge is 0.200 e. The second-order valence-electron chi connectivity index (χ2n) is 8.47. The number of halogens is 1. The van der Waals surface area contributed by atoms with Gasteiger partial charge in [-0.25, -0.2) is 9.97 Å². The first kappa shape index (κ1) is 23.6. The van der Waals surface area contributed by atoms with E-state index in [-0.39, 0.29) is 11.6 Å². The highest BCUT2D eigenvalue weighted by molar-refractivity contribution is 6.30. The van der Waals surface area contributed by atoms with E-state index in [1.165, 1.54) is 0 Å². The van der Waals surface area contributed by atoms with Crippen LogP contribution in [0.3, 0.4) is 0 Å². The van der Waals surface area contributed by atoms with E-state index in [1.54, 1.807) is 24.8 Å². The van der Waals surface area contributed by atoms with Crippen LogP contribution in [-0.4, -0.2) is 30.9 Å². The van der Waals surface area contributed by atoms with E-state index >= 15 is 0 Å². The number of ketones is 1. The maximum atomic E-state index is 13.1. The first-order chi connectivity index (χ1) is 17.5. The molecule has 0 spiro atoms. The third-order valence-electron chi connectivity index (χ3n) is 5.88. The molecule has 0 aliphatic carbocycles. The fourth-order valence-corrected chi connectivity index (χ4v) is 4.29. The van der Waals surface area contributed by atoms with E-state index in [0.29, 0.717) is 35.7 Å². The van der Waals surface area contributed by atoms with Crippen molar-refractivity contribution in [2.75, 3.05) is 5.32 Å². The van der Waals surface area contributed by atoms with Gasteiger partial charge in [0.25, 0.3) is 0 Å². The van der Waals surface area contributed by atoms with Crippen LogP contribution in [0.15, 0.2) is 65.7 Å². The third kappa shape index (κ3) is 5.08. The van der Waals surface area contributed by atoms with E-state index in [1.807, 2.05) is 50.2 Å². The van der Waals surface area contributed by atoms with E-state index in [2.05, 4.69) is 30.4 Å². The molecule has 1 aromatic carbocycles. The number of benzene rings is 1. The van der Waals surface area contributed by atoms with Crippen molar-refractivity contribution in [3.8, 4) is 11.1 Å². The van der Waals surface area contributed by atoms with Gasteiger partial charge in [-0.05, 0) is 67.3 Å². The normalized spacial score (nSPS) is 11.1. The Bertz CT molecular complexity index is 1530. The summed E-state index contributed by atoms with van der Waals surface area (Å²) in [6, 6.07) is 11.5. The van der Waals surface area contributed by atoms with Gasteiger partial charge in [-0.1, -0.05) is 22.8 Å². The lowest BCUT2D eigenvalue weighted by Crippen LogP contribution is -2.11. The predicted octanol–water partition coefficient (Wildman–Crippen LogP) is 5.77. The molecule has 0 aliphatic heterocycles. The van der Waals surface area contributed by atoms with Crippen LogP contribution in [0.1, 0.15) is 39.6 Å². The van der Waals surface area contributed by atoms with Crippen LogP contribution in [0.2, 0.25) is 5.02 Å². The molecule has 0 unspecified atom stereocenters. The summed E-state index contributed by atoms with van der Waals surface area (Å²) in [5.41, 5.74) is 5.26. The highest BCUT2D eigenvalue weighted by Crippen LogP contribution is 2.31. The third-order valence-corrected chi connectivity index (χ3v) is 6.09. The lowest BCUT2D eigenvalue weighted by atomic mass is 10.0. The average Bonchev–Trinajstić information content (AvgIpc) is 3.23. The summed E-state index contributed by atoms with van der Waals surface area (Å²) in [4.78, 5) is 30.5. The van der Waals surface area contributed by atoms with Crippen LogP contribution in [0.25, 0.3) is 22.0 Å². The number of hydrogen-bond acceptors (Lipinski definition) is 8. The number of carbonyl (C=O) groups excluding carboxylic acids is 1. The fourth-order valence-electron chi connectivity index (χ4n) is 4.10. The van der Waals surface area contributed by atoms with Gasteiger partial charge in [0.1, 0.15) is 11.6 Å². The molecule has 0 amide bonds. The zero-order chi connectivity index (χ0) is 25.1. The fraction of sp³-hybridized carbons (Fsp3) is 0.185. The van der Waals surface area contributed by atoms with Crippen LogP contribution in [0, 0.1) is 13.8 Å². The van der Waals surface area contributed by atoms with Crippen molar-refractivity contribution in [2.24, 2.45) is 0 Å². The Morgan fingerprint density at radius 2 is 1.83 bits per heavy atom. The summed E-state index contributed by atoms with van der Waals surface area (Å²) >= 11 is 6.10. The van der Waals surface area contributed by atoms with Crippen molar-refractivity contribution in [1.82, 2.24) is 25.1 Å². The molecule has 4 aromatic heterocycles. The summed E-state index contributed by atoms with van der Waals surface area (Å²) in [5, 5.41) is 8.76. The molecular formula is C27H23ClN6O2. The first-order valence-corrected chi connectivity index (χ1v) is 11.9. The molecule has 8 nitrogen and oxygen atoms in total. The maximum Gasteiger partial charge on any atom is 0.200 e. The van der Waals surface area contributed by atoms with Crippen molar-refractivity contribution >= 4 is 34.1 Å². The van der Waals surface area contributed by atoms with Crippen molar-refractivity contribution in [3.63, 3.8) is 0 Å². The molecule has 4 heterocycles. The molecule has 1 N–H and O–H groups in total. The van der Waals surface area contributed by atoms with E-state index < -0.39 is 0 Å². The van der Waals surface area contributed by atoms with Crippen molar-refractivity contribution in [2.45, 2.75) is 33.2 Å². The molecule has 5 aromatic rings. The predicted molar refractivity (Wildman–Crippen MR) is 138 cm³/mol. The number of rotatable bonds is 8. The Hall–Kier alpha value is -4.17. The zero-order valence-electron chi connectivity index (χ0n) is 19.8. The number of hydrogen-bond donors (Lipinski definition) is 1. The standard InChI is InChI=1S/C27H23ClN6O2/c1-16-25(17(2)36-34-16)20-4-5-23-22(12-20)26(31-14-19-11-21(28)15-30-13-19)33-27(32-23)24(35)6-3-18-7-9-29-10-8-18/h4-5,7-13,15H,3,6,14H2,1-2H3,(H,31,32,33). The molecular weight excluding hydrogens is 476 g/mol. The Labute approximate surface area is 212 Å². The van der Waals surface area contributed by atoms with Gasteiger partial charge in [0.15, 0.2) is 11.6 Å². The Morgan fingerprint density at radius 3 is 2.58 bits per heavy atom. The minimum absolute atomic E-state index is 0.129. The largest absolute Gasteiger partial charge is 0.365 e. The Balaban J connectivity index is 1.51. The summed E-state index contributed by atoms with van der Waals surface area (Å²) in [5.74, 6) is 1.33. The van der Waals surface area contributed by atoms with E-state index in [9.17, 15) is 4.79 Å². The topological polar surface area (TPSA) is 107 Å². The number of nitrogens with zero attached hydrogens (tertiary/aromatic N) is 5. The summed E-state index contributed by atoms with van der Waals surface area (Å²) < 4.78 is 5.36. The van der Waals surface area contributed by atoms with Gasteiger partial charge in [0, 0.05) is 48.7 Å². The molecule has 0 fully saturated rings. The summed E-state index contributed by atoms with van der Waals surface area (Å²) in [7, 11) is 0. The minimum Gasteiger partial charge on any atom is -0.365 e. The highest BCUT2D eigenvalue weighted by Gasteiger charge is 2.17.